The lowest BCUT2D eigenvalue weighted by Gasteiger charge is -2.35. The van der Waals surface area contributed by atoms with Gasteiger partial charge < -0.3 is 14.7 Å². The van der Waals surface area contributed by atoms with Crippen molar-refractivity contribution in [3.63, 3.8) is 0 Å². The molecule has 144 valence electrons. The number of hydrogen-bond donors (Lipinski definition) is 0. The Hall–Kier alpha value is -2.99. The molecule has 2 aromatic heterocycles. The van der Waals surface area contributed by atoms with Crippen molar-refractivity contribution in [1.82, 2.24) is 19.9 Å². The second-order valence-corrected chi connectivity index (χ2v) is 7.40. The maximum absolute atomic E-state index is 4.64. The van der Waals surface area contributed by atoms with Crippen LogP contribution in [0, 0.1) is 0 Å². The Morgan fingerprint density at radius 1 is 0.857 bits per heavy atom. The summed E-state index contributed by atoms with van der Waals surface area (Å²) in [6.45, 7) is 4.64. The smallest absolute Gasteiger partial charge is 0.225 e. The molecule has 0 aliphatic carbocycles. The molecule has 0 spiro atoms. The number of anilines is 2. The molecule has 0 amide bonds. The number of pyridine rings is 1. The predicted molar refractivity (Wildman–Crippen MR) is 114 cm³/mol. The van der Waals surface area contributed by atoms with Crippen molar-refractivity contribution < 1.29 is 0 Å². The summed E-state index contributed by atoms with van der Waals surface area (Å²) in [5.74, 6) is 0.805. The van der Waals surface area contributed by atoms with Crippen LogP contribution in [0.5, 0.6) is 0 Å². The van der Waals surface area contributed by atoms with Crippen molar-refractivity contribution in [1.29, 1.82) is 0 Å². The van der Waals surface area contributed by atoms with Crippen LogP contribution in [-0.2, 0) is 6.54 Å². The molecule has 3 heterocycles. The number of piperazine rings is 1. The minimum atomic E-state index is 0.805. The second-order valence-electron chi connectivity index (χ2n) is 7.40. The van der Waals surface area contributed by atoms with Gasteiger partial charge in [0.15, 0.2) is 0 Å². The van der Waals surface area contributed by atoms with Gasteiger partial charge in [-0.1, -0.05) is 18.2 Å². The van der Waals surface area contributed by atoms with E-state index in [1.54, 1.807) is 0 Å². The van der Waals surface area contributed by atoms with E-state index < -0.39 is 0 Å². The lowest BCUT2D eigenvalue weighted by Crippen LogP contribution is -2.47. The van der Waals surface area contributed by atoms with E-state index in [2.05, 4.69) is 74.1 Å². The molecule has 6 nitrogen and oxygen atoms in total. The summed E-state index contributed by atoms with van der Waals surface area (Å²) in [6, 6.07) is 12.7. The van der Waals surface area contributed by atoms with E-state index >= 15 is 0 Å². The molecule has 3 aromatic rings. The van der Waals surface area contributed by atoms with Crippen LogP contribution in [0.2, 0.25) is 0 Å². The molecule has 1 aromatic carbocycles. The first kappa shape index (κ1) is 18.4. The fraction of sp³-hybridized carbons (Fsp3) is 0.318. The highest BCUT2D eigenvalue weighted by Gasteiger charge is 2.19. The molecule has 1 aliphatic heterocycles. The van der Waals surface area contributed by atoms with Gasteiger partial charge in [-0.2, -0.15) is 0 Å². The average Bonchev–Trinajstić information content (AvgIpc) is 2.74. The molecule has 0 N–H and O–H groups in total. The number of aromatic nitrogens is 3. The molecule has 6 heteroatoms. The summed E-state index contributed by atoms with van der Waals surface area (Å²) in [6.07, 6.45) is 7.60. The van der Waals surface area contributed by atoms with E-state index in [9.17, 15) is 0 Å². The Labute approximate surface area is 166 Å². The van der Waals surface area contributed by atoms with Gasteiger partial charge in [-0.3, -0.25) is 4.98 Å². The normalized spacial score (nSPS) is 14.5. The van der Waals surface area contributed by atoms with Gasteiger partial charge in [-0.25, -0.2) is 9.97 Å². The highest BCUT2D eigenvalue weighted by Crippen LogP contribution is 2.22. The van der Waals surface area contributed by atoms with Gasteiger partial charge in [0.05, 0.1) is 11.9 Å². The van der Waals surface area contributed by atoms with Gasteiger partial charge in [0, 0.05) is 56.9 Å². The summed E-state index contributed by atoms with van der Waals surface area (Å²) in [7, 11) is 4.16. The zero-order chi connectivity index (χ0) is 19.3. The molecular weight excluding hydrogens is 348 g/mol. The molecule has 0 radical (unpaired) electrons. The Kier molecular flexibility index (Phi) is 5.48. The van der Waals surface area contributed by atoms with Gasteiger partial charge in [0.1, 0.15) is 0 Å². The topological polar surface area (TPSA) is 48.4 Å². The van der Waals surface area contributed by atoms with Crippen molar-refractivity contribution in [3.8, 4) is 11.1 Å². The van der Waals surface area contributed by atoms with Gasteiger partial charge >= 0.3 is 0 Å². The maximum atomic E-state index is 4.64. The van der Waals surface area contributed by atoms with Gasteiger partial charge in [0.25, 0.3) is 0 Å². The van der Waals surface area contributed by atoms with Crippen LogP contribution in [0.25, 0.3) is 11.1 Å². The molecule has 0 unspecified atom stereocenters. The first-order valence-corrected chi connectivity index (χ1v) is 9.65. The lowest BCUT2D eigenvalue weighted by molar-refractivity contribution is 0.402. The third-order valence-corrected chi connectivity index (χ3v) is 4.97. The highest BCUT2D eigenvalue weighted by atomic mass is 15.3. The van der Waals surface area contributed by atoms with Gasteiger partial charge in [-0.15, -0.1) is 0 Å². The summed E-state index contributed by atoms with van der Waals surface area (Å²) in [5, 5.41) is 0. The molecule has 0 bridgehead atoms. The van der Waals surface area contributed by atoms with Crippen LogP contribution >= 0.6 is 0 Å². The maximum Gasteiger partial charge on any atom is 0.225 e. The molecular formula is C22H26N6. The molecule has 0 saturated carbocycles. The Balaban J connectivity index is 1.41. The molecule has 1 aliphatic rings. The van der Waals surface area contributed by atoms with Crippen LogP contribution in [0.4, 0.5) is 11.6 Å². The zero-order valence-electron chi connectivity index (χ0n) is 16.5. The standard InChI is InChI=1S/C22H26N6/c1-26(2)17-18-5-3-6-19(13-18)20-14-24-22(25-15-20)28-11-9-27(10-12-28)21-7-4-8-23-16-21/h3-8,13-16H,9-12,17H2,1-2H3. The third kappa shape index (κ3) is 4.28. The van der Waals surface area contributed by atoms with E-state index in [1.165, 1.54) is 11.3 Å². The van der Waals surface area contributed by atoms with E-state index in [0.717, 1.165) is 49.8 Å². The van der Waals surface area contributed by atoms with E-state index in [1.807, 2.05) is 30.9 Å². The third-order valence-electron chi connectivity index (χ3n) is 4.97. The van der Waals surface area contributed by atoms with Crippen LogP contribution in [-0.4, -0.2) is 60.1 Å². The van der Waals surface area contributed by atoms with Crippen molar-refractivity contribution in [3.05, 3.63) is 66.7 Å². The minimum absolute atomic E-state index is 0.805. The quantitative estimate of drug-likeness (QED) is 0.684. The largest absolute Gasteiger partial charge is 0.367 e. The van der Waals surface area contributed by atoms with Gasteiger partial charge in [-0.05, 0) is 43.4 Å². The molecule has 0 atom stereocenters. The fourth-order valence-electron chi connectivity index (χ4n) is 3.55. The highest BCUT2D eigenvalue weighted by molar-refractivity contribution is 5.63. The zero-order valence-corrected chi connectivity index (χ0v) is 16.5. The van der Waals surface area contributed by atoms with Crippen molar-refractivity contribution in [2.24, 2.45) is 0 Å². The summed E-state index contributed by atoms with van der Waals surface area (Å²) in [4.78, 5) is 20.3. The van der Waals surface area contributed by atoms with E-state index in [0.29, 0.717) is 0 Å². The molecule has 1 saturated heterocycles. The van der Waals surface area contributed by atoms with Crippen molar-refractivity contribution in [2.45, 2.75) is 6.54 Å². The second kappa shape index (κ2) is 8.35. The van der Waals surface area contributed by atoms with E-state index in [-0.39, 0.29) is 0 Å². The number of benzene rings is 1. The van der Waals surface area contributed by atoms with Crippen molar-refractivity contribution >= 4 is 11.6 Å². The fourth-order valence-corrected chi connectivity index (χ4v) is 3.55. The Bertz CT molecular complexity index is 886. The predicted octanol–water partition coefficient (Wildman–Crippen LogP) is 2.93. The average molecular weight is 374 g/mol. The van der Waals surface area contributed by atoms with Crippen LogP contribution < -0.4 is 9.80 Å². The van der Waals surface area contributed by atoms with Gasteiger partial charge in [0.2, 0.25) is 5.95 Å². The van der Waals surface area contributed by atoms with E-state index in [4.69, 9.17) is 0 Å². The monoisotopic (exact) mass is 374 g/mol. The van der Waals surface area contributed by atoms with Crippen LogP contribution in [0.1, 0.15) is 5.56 Å². The lowest BCUT2D eigenvalue weighted by atomic mass is 10.1. The molecule has 4 rings (SSSR count). The first-order valence-electron chi connectivity index (χ1n) is 9.65. The minimum Gasteiger partial charge on any atom is -0.367 e. The number of rotatable bonds is 5. The number of hydrogen-bond acceptors (Lipinski definition) is 6. The van der Waals surface area contributed by atoms with Crippen LogP contribution in [0.15, 0.2) is 61.2 Å². The first-order chi connectivity index (χ1) is 13.7. The Morgan fingerprint density at radius 3 is 2.29 bits per heavy atom. The SMILES string of the molecule is CN(C)Cc1cccc(-c2cnc(N3CCN(c4cccnc4)CC3)nc2)c1. The van der Waals surface area contributed by atoms with Crippen LogP contribution in [0.3, 0.4) is 0 Å². The summed E-state index contributed by atoms with van der Waals surface area (Å²) < 4.78 is 0. The Morgan fingerprint density at radius 2 is 1.61 bits per heavy atom. The summed E-state index contributed by atoms with van der Waals surface area (Å²) >= 11 is 0. The summed E-state index contributed by atoms with van der Waals surface area (Å²) in [5.41, 5.74) is 4.68. The van der Waals surface area contributed by atoms with Crippen molar-refractivity contribution in [2.75, 3.05) is 50.1 Å². The number of nitrogens with zero attached hydrogens (tertiary/aromatic N) is 6. The molecule has 1 fully saturated rings. The molecule has 28 heavy (non-hydrogen) atoms.